The summed E-state index contributed by atoms with van der Waals surface area (Å²) in [5.74, 6) is 0.108. The molecule has 0 saturated carbocycles. The molecular formula is C15H24N2O. The molecule has 3 heteroatoms. The van der Waals surface area contributed by atoms with Crippen LogP contribution in [0.3, 0.4) is 0 Å². The molecule has 0 aromatic heterocycles. The zero-order valence-corrected chi connectivity index (χ0v) is 11.5. The van der Waals surface area contributed by atoms with E-state index < -0.39 is 0 Å². The molecule has 0 fully saturated rings. The fourth-order valence-electron chi connectivity index (χ4n) is 1.87. The summed E-state index contributed by atoms with van der Waals surface area (Å²) in [6.45, 7) is 4.78. The SMILES string of the molecule is Cc1ccc(C)c(NC(=O)CCCCCCN)c1. The molecule has 18 heavy (non-hydrogen) atoms. The maximum absolute atomic E-state index is 11.8. The van der Waals surface area contributed by atoms with Crippen LogP contribution in [0.15, 0.2) is 18.2 Å². The Labute approximate surface area is 110 Å². The first kappa shape index (κ1) is 14.7. The van der Waals surface area contributed by atoms with Gasteiger partial charge in [0.2, 0.25) is 5.91 Å². The van der Waals surface area contributed by atoms with Crippen molar-refractivity contribution >= 4 is 11.6 Å². The Balaban J connectivity index is 2.33. The number of carbonyl (C=O) groups excluding carboxylic acids is 1. The molecule has 0 aliphatic carbocycles. The number of carbonyl (C=O) groups is 1. The van der Waals surface area contributed by atoms with E-state index in [-0.39, 0.29) is 5.91 Å². The van der Waals surface area contributed by atoms with Gasteiger partial charge in [0.05, 0.1) is 0 Å². The fourth-order valence-corrected chi connectivity index (χ4v) is 1.87. The Morgan fingerprint density at radius 2 is 1.89 bits per heavy atom. The number of nitrogens with two attached hydrogens (primary N) is 1. The number of amides is 1. The molecule has 0 saturated heterocycles. The quantitative estimate of drug-likeness (QED) is 0.728. The van der Waals surface area contributed by atoms with Crippen molar-refractivity contribution in [3.63, 3.8) is 0 Å². The van der Waals surface area contributed by atoms with E-state index in [0.29, 0.717) is 6.42 Å². The van der Waals surface area contributed by atoms with Crippen LogP contribution in [-0.4, -0.2) is 12.5 Å². The summed E-state index contributed by atoms with van der Waals surface area (Å²) in [5.41, 5.74) is 8.63. The zero-order chi connectivity index (χ0) is 13.4. The van der Waals surface area contributed by atoms with Crippen LogP contribution in [0.5, 0.6) is 0 Å². The van der Waals surface area contributed by atoms with Gasteiger partial charge in [-0.2, -0.15) is 0 Å². The molecular weight excluding hydrogens is 224 g/mol. The Morgan fingerprint density at radius 1 is 1.17 bits per heavy atom. The maximum atomic E-state index is 11.8. The summed E-state index contributed by atoms with van der Waals surface area (Å²) in [5, 5.41) is 2.98. The van der Waals surface area contributed by atoms with Crippen LogP contribution in [-0.2, 0) is 4.79 Å². The highest BCUT2D eigenvalue weighted by Gasteiger charge is 2.04. The van der Waals surface area contributed by atoms with E-state index >= 15 is 0 Å². The van der Waals surface area contributed by atoms with E-state index in [9.17, 15) is 4.79 Å². The van der Waals surface area contributed by atoms with Crippen molar-refractivity contribution in [2.24, 2.45) is 5.73 Å². The molecule has 0 aliphatic heterocycles. The summed E-state index contributed by atoms with van der Waals surface area (Å²) in [7, 11) is 0. The van der Waals surface area contributed by atoms with Crippen LogP contribution in [0.2, 0.25) is 0 Å². The monoisotopic (exact) mass is 248 g/mol. The topological polar surface area (TPSA) is 55.1 Å². The van der Waals surface area contributed by atoms with Crippen molar-refractivity contribution in [2.45, 2.75) is 46.0 Å². The van der Waals surface area contributed by atoms with Crippen molar-refractivity contribution in [2.75, 3.05) is 11.9 Å². The third-order valence-corrected chi connectivity index (χ3v) is 3.03. The summed E-state index contributed by atoms with van der Waals surface area (Å²) in [6, 6.07) is 6.10. The number of nitrogens with one attached hydrogen (secondary N) is 1. The average molecular weight is 248 g/mol. The van der Waals surface area contributed by atoms with Gasteiger partial charge in [0.15, 0.2) is 0 Å². The summed E-state index contributed by atoms with van der Waals surface area (Å²) >= 11 is 0. The lowest BCUT2D eigenvalue weighted by Gasteiger charge is -2.09. The van der Waals surface area contributed by atoms with E-state index in [1.807, 2.05) is 26.0 Å². The highest BCUT2D eigenvalue weighted by atomic mass is 16.1. The minimum absolute atomic E-state index is 0.108. The van der Waals surface area contributed by atoms with Crippen LogP contribution in [0.1, 0.15) is 43.2 Å². The molecule has 0 aliphatic rings. The van der Waals surface area contributed by atoms with Gasteiger partial charge < -0.3 is 11.1 Å². The third kappa shape index (κ3) is 5.32. The average Bonchev–Trinajstić information content (AvgIpc) is 2.33. The van der Waals surface area contributed by atoms with Crippen molar-refractivity contribution in [3.8, 4) is 0 Å². The predicted octanol–water partition coefficient (Wildman–Crippen LogP) is 3.15. The second kappa shape index (κ2) is 7.88. The number of unbranched alkanes of at least 4 members (excludes halogenated alkanes) is 3. The zero-order valence-electron chi connectivity index (χ0n) is 11.5. The standard InChI is InChI=1S/C15H24N2O/c1-12-8-9-13(2)14(11-12)17-15(18)7-5-3-4-6-10-16/h8-9,11H,3-7,10,16H2,1-2H3,(H,17,18). The summed E-state index contributed by atoms with van der Waals surface area (Å²) < 4.78 is 0. The smallest absolute Gasteiger partial charge is 0.224 e. The van der Waals surface area contributed by atoms with Gasteiger partial charge >= 0.3 is 0 Å². The second-order valence-corrected chi connectivity index (χ2v) is 4.82. The number of hydrogen-bond acceptors (Lipinski definition) is 2. The third-order valence-electron chi connectivity index (χ3n) is 3.03. The number of aryl methyl sites for hydroxylation is 2. The van der Waals surface area contributed by atoms with Crippen LogP contribution in [0.4, 0.5) is 5.69 Å². The molecule has 100 valence electrons. The molecule has 0 radical (unpaired) electrons. The Kier molecular flexibility index (Phi) is 6.44. The number of benzene rings is 1. The van der Waals surface area contributed by atoms with E-state index in [2.05, 4.69) is 11.4 Å². The molecule has 1 amide bonds. The molecule has 1 rings (SSSR count). The second-order valence-electron chi connectivity index (χ2n) is 4.82. The van der Waals surface area contributed by atoms with Crippen LogP contribution < -0.4 is 11.1 Å². The first-order valence-corrected chi connectivity index (χ1v) is 6.70. The lowest BCUT2D eigenvalue weighted by Crippen LogP contribution is -2.12. The lowest BCUT2D eigenvalue weighted by atomic mass is 10.1. The molecule has 0 atom stereocenters. The van der Waals surface area contributed by atoms with Gasteiger partial charge in [-0.3, -0.25) is 4.79 Å². The fraction of sp³-hybridized carbons (Fsp3) is 0.533. The van der Waals surface area contributed by atoms with Crippen LogP contribution in [0.25, 0.3) is 0 Å². The first-order chi connectivity index (χ1) is 8.63. The normalized spacial score (nSPS) is 10.4. The minimum atomic E-state index is 0.108. The van der Waals surface area contributed by atoms with Gasteiger partial charge in [-0.1, -0.05) is 25.0 Å². The van der Waals surface area contributed by atoms with Gasteiger partial charge in [-0.15, -0.1) is 0 Å². The highest BCUT2D eigenvalue weighted by molar-refractivity contribution is 5.91. The van der Waals surface area contributed by atoms with E-state index in [0.717, 1.165) is 43.5 Å². The summed E-state index contributed by atoms with van der Waals surface area (Å²) in [4.78, 5) is 11.8. The largest absolute Gasteiger partial charge is 0.330 e. The first-order valence-electron chi connectivity index (χ1n) is 6.70. The van der Waals surface area contributed by atoms with Crippen molar-refractivity contribution < 1.29 is 4.79 Å². The lowest BCUT2D eigenvalue weighted by molar-refractivity contribution is -0.116. The van der Waals surface area contributed by atoms with Gasteiger partial charge in [-0.05, 0) is 50.4 Å². The van der Waals surface area contributed by atoms with Gasteiger partial charge in [0.1, 0.15) is 0 Å². The van der Waals surface area contributed by atoms with E-state index in [4.69, 9.17) is 5.73 Å². The van der Waals surface area contributed by atoms with Gasteiger partial charge in [0, 0.05) is 12.1 Å². The van der Waals surface area contributed by atoms with E-state index in [1.54, 1.807) is 0 Å². The van der Waals surface area contributed by atoms with E-state index in [1.165, 1.54) is 5.56 Å². The van der Waals surface area contributed by atoms with Crippen LogP contribution in [0, 0.1) is 13.8 Å². The Bertz CT molecular complexity index is 388. The predicted molar refractivity (Wildman–Crippen MR) is 76.7 cm³/mol. The molecule has 0 unspecified atom stereocenters. The maximum Gasteiger partial charge on any atom is 0.224 e. The summed E-state index contributed by atoms with van der Waals surface area (Å²) in [6.07, 6.45) is 4.79. The number of anilines is 1. The molecule has 3 N–H and O–H groups in total. The molecule has 3 nitrogen and oxygen atoms in total. The molecule has 1 aromatic rings. The minimum Gasteiger partial charge on any atom is -0.330 e. The van der Waals surface area contributed by atoms with Crippen molar-refractivity contribution in [1.29, 1.82) is 0 Å². The molecule has 1 aromatic carbocycles. The molecule has 0 bridgehead atoms. The number of hydrogen-bond donors (Lipinski definition) is 2. The van der Waals surface area contributed by atoms with Crippen molar-refractivity contribution in [3.05, 3.63) is 29.3 Å². The van der Waals surface area contributed by atoms with Gasteiger partial charge in [-0.25, -0.2) is 0 Å². The highest BCUT2D eigenvalue weighted by Crippen LogP contribution is 2.17. The molecule has 0 spiro atoms. The Hall–Kier alpha value is -1.35. The van der Waals surface area contributed by atoms with Crippen molar-refractivity contribution in [1.82, 2.24) is 0 Å². The number of rotatable bonds is 7. The van der Waals surface area contributed by atoms with Crippen LogP contribution >= 0.6 is 0 Å². The Morgan fingerprint density at radius 3 is 2.61 bits per heavy atom. The van der Waals surface area contributed by atoms with Gasteiger partial charge in [0.25, 0.3) is 0 Å². The molecule has 0 heterocycles.